The van der Waals surface area contributed by atoms with Crippen LogP contribution in [0.1, 0.15) is 47.7 Å². The Balaban J connectivity index is 1.42. The number of aliphatic hydroxyl groups excluding tert-OH is 2. The molecule has 1 spiro atoms. The van der Waals surface area contributed by atoms with E-state index in [-0.39, 0.29) is 31.3 Å². The molecule has 4 heterocycles. The van der Waals surface area contributed by atoms with Crippen molar-refractivity contribution in [3.8, 4) is 0 Å². The Labute approximate surface area is 191 Å². The van der Waals surface area contributed by atoms with Crippen LogP contribution in [0.5, 0.6) is 0 Å². The van der Waals surface area contributed by atoms with Crippen LogP contribution in [-0.4, -0.2) is 68.9 Å². The van der Waals surface area contributed by atoms with Crippen LogP contribution >= 0.6 is 11.3 Å². The zero-order valence-electron chi connectivity index (χ0n) is 18.6. The molecule has 2 aliphatic rings. The number of ether oxygens (including phenoxy) is 1. The standard InChI is InChI=1S/C22H32F2N4O3S/c1-15-9-22(20-16(3-6-31-22)7-18(32-20)8-19(23)24)4-5-27(15)10-17-11-28(26-25-17)12-21(2,13-29)14-30/h7,11,15,19,29-30H,3-6,8-10,12-14H2,1-2H3/t15-,22?/m0/s1. The maximum atomic E-state index is 12.9. The van der Waals surface area contributed by atoms with Crippen molar-refractivity contribution in [2.24, 2.45) is 5.41 Å². The minimum Gasteiger partial charge on any atom is -0.396 e. The molecule has 2 N–H and O–H groups in total. The van der Waals surface area contributed by atoms with Gasteiger partial charge in [0.2, 0.25) is 6.43 Å². The second-order valence-electron chi connectivity index (χ2n) is 9.56. The van der Waals surface area contributed by atoms with E-state index in [1.807, 2.05) is 12.3 Å². The lowest BCUT2D eigenvalue weighted by Crippen LogP contribution is -2.50. The Morgan fingerprint density at radius 2 is 2.16 bits per heavy atom. The highest BCUT2D eigenvalue weighted by Crippen LogP contribution is 2.47. The highest BCUT2D eigenvalue weighted by atomic mass is 32.1. The summed E-state index contributed by atoms with van der Waals surface area (Å²) in [6, 6.07) is 2.19. The first kappa shape index (κ1) is 23.7. The Kier molecular flexibility index (Phi) is 6.97. The number of aromatic nitrogens is 3. The minimum absolute atomic E-state index is 0.131. The number of likely N-dealkylation sites (tertiary alicyclic amines) is 1. The average molecular weight is 471 g/mol. The monoisotopic (exact) mass is 470 g/mol. The maximum absolute atomic E-state index is 12.9. The molecule has 2 atom stereocenters. The number of fused-ring (bicyclic) bond motifs is 2. The topological polar surface area (TPSA) is 83.6 Å². The third kappa shape index (κ3) is 4.89. The number of hydrogen-bond donors (Lipinski definition) is 2. The maximum Gasteiger partial charge on any atom is 0.243 e. The van der Waals surface area contributed by atoms with E-state index in [0.717, 1.165) is 41.3 Å². The summed E-state index contributed by atoms with van der Waals surface area (Å²) in [5.41, 5.74) is 0.995. The van der Waals surface area contributed by atoms with Crippen LogP contribution in [0, 0.1) is 5.41 Å². The number of piperidine rings is 1. The van der Waals surface area contributed by atoms with Gasteiger partial charge in [0.05, 0.1) is 32.1 Å². The lowest BCUT2D eigenvalue weighted by atomic mass is 9.82. The summed E-state index contributed by atoms with van der Waals surface area (Å²) in [6.45, 7) is 6.21. The Hall–Kier alpha value is -1.46. The van der Waals surface area contributed by atoms with Gasteiger partial charge in [-0.25, -0.2) is 8.78 Å². The highest BCUT2D eigenvalue weighted by molar-refractivity contribution is 7.12. The van der Waals surface area contributed by atoms with Crippen molar-refractivity contribution >= 4 is 11.3 Å². The fourth-order valence-corrected chi connectivity index (χ4v) is 6.19. The van der Waals surface area contributed by atoms with Crippen molar-refractivity contribution in [3.63, 3.8) is 0 Å². The summed E-state index contributed by atoms with van der Waals surface area (Å²) in [5.74, 6) is 0. The van der Waals surface area contributed by atoms with E-state index in [1.54, 1.807) is 11.6 Å². The zero-order chi connectivity index (χ0) is 22.9. The second kappa shape index (κ2) is 9.42. The smallest absolute Gasteiger partial charge is 0.243 e. The number of hydrogen-bond acceptors (Lipinski definition) is 7. The summed E-state index contributed by atoms with van der Waals surface area (Å²) >= 11 is 1.50. The molecule has 7 nitrogen and oxygen atoms in total. The lowest BCUT2D eigenvalue weighted by Gasteiger charge is -2.46. The fraction of sp³-hybridized carbons (Fsp3) is 0.727. The van der Waals surface area contributed by atoms with E-state index in [2.05, 4.69) is 22.1 Å². The molecule has 1 saturated heterocycles. The van der Waals surface area contributed by atoms with Gasteiger partial charge in [-0.2, -0.15) is 0 Å². The third-order valence-corrected chi connectivity index (χ3v) is 8.07. The molecule has 0 radical (unpaired) electrons. The lowest BCUT2D eigenvalue weighted by molar-refractivity contribution is -0.110. The average Bonchev–Trinajstić information content (AvgIpc) is 3.37. The first-order chi connectivity index (χ1) is 15.3. The van der Waals surface area contributed by atoms with Gasteiger partial charge in [0.15, 0.2) is 0 Å². The molecule has 2 aromatic heterocycles. The van der Waals surface area contributed by atoms with Gasteiger partial charge in [0, 0.05) is 46.9 Å². The molecule has 0 aromatic carbocycles. The number of thiophene rings is 1. The van der Waals surface area contributed by atoms with Crippen molar-refractivity contribution in [2.45, 2.75) is 70.7 Å². The molecular weight excluding hydrogens is 438 g/mol. The van der Waals surface area contributed by atoms with Crippen LogP contribution in [0.4, 0.5) is 8.78 Å². The first-order valence-electron chi connectivity index (χ1n) is 11.1. The van der Waals surface area contributed by atoms with E-state index in [1.165, 1.54) is 16.9 Å². The van der Waals surface area contributed by atoms with Crippen LogP contribution in [-0.2, 0) is 36.3 Å². The van der Waals surface area contributed by atoms with Crippen LogP contribution < -0.4 is 0 Å². The largest absolute Gasteiger partial charge is 0.396 e. The van der Waals surface area contributed by atoms with E-state index in [0.29, 0.717) is 19.7 Å². The van der Waals surface area contributed by atoms with Gasteiger partial charge in [0.1, 0.15) is 5.60 Å². The van der Waals surface area contributed by atoms with E-state index < -0.39 is 11.8 Å². The Morgan fingerprint density at radius 1 is 1.38 bits per heavy atom. The predicted octanol–water partition coefficient (Wildman–Crippen LogP) is 2.59. The Bertz CT molecular complexity index is 917. The number of alkyl halides is 2. The van der Waals surface area contributed by atoms with Gasteiger partial charge in [-0.05, 0) is 37.8 Å². The minimum atomic E-state index is -2.33. The number of rotatable bonds is 8. The predicted molar refractivity (Wildman–Crippen MR) is 117 cm³/mol. The van der Waals surface area contributed by atoms with Crippen LogP contribution in [0.25, 0.3) is 0 Å². The first-order valence-corrected chi connectivity index (χ1v) is 12.0. The van der Waals surface area contributed by atoms with Gasteiger partial charge >= 0.3 is 0 Å². The van der Waals surface area contributed by atoms with Gasteiger partial charge in [-0.3, -0.25) is 9.58 Å². The summed E-state index contributed by atoms with van der Waals surface area (Å²) in [5, 5.41) is 27.4. The molecule has 1 unspecified atom stereocenters. The molecular formula is C22H32F2N4O3S. The Morgan fingerprint density at radius 3 is 2.84 bits per heavy atom. The summed E-state index contributed by atoms with van der Waals surface area (Å²) in [4.78, 5) is 4.24. The quantitative estimate of drug-likeness (QED) is 0.617. The fourth-order valence-electron chi connectivity index (χ4n) is 4.79. The molecule has 32 heavy (non-hydrogen) atoms. The van der Waals surface area contributed by atoms with Crippen molar-refractivity contribution in [3.05, 3.63) is 33.3 Å². The molecule has 0 bridgehead atoms. The van der Waals surface area contributed by atoms with Crippen LogP contribution in [0.15, 0.2) is 12.3 Å². The van der Waals surface area contributed by atoms with Crippen LogP contribution in [0.3, 0.4) is 0 Å². The van der Waals surface area contributed by atoms with E-state index in [9.17, 15) is 19.0 Å². The molecule has 4 rings (SSSR count). The van der Waals surface area contributed by atoms with Crippen molar-refractivity contribution in [1.82, 2.24) is 19.9 Å². The number of nitrogens with zero attached hydrogens (tertiary/aromatic N) is 4. The normalized spacial score (nSPS) is 24.4. The molecule has 2 aromatic rings. The molecule has 0 aliphatic carbocycles. The van der Waals surface area contributed by atoms with E-state index >= 15 is 0 Å². The van der Waals surface area contributed by atoms with E-state index in [4.69, 9.17) is 4.74 Å². The number of halogens is 2. The summed E-state index contributed by atoms with van der Waals surface area (Å²) in [6.07, 6.45) is 1.78. The van der Waals surface area contributed by atoms with Crippen molar-refractivity contribution in [2.75, 3.05) is 26.4 Å². The second-order valence-corrected chi connectivity index (χ2v) is 10.7. The van der Waals surface area contributed by atoms with Gasteiger partial charge in [-0.1, -0.05) is 12.1 Å². The highest BCUT2D eigenvalue weighted by Gasteiger charge is 2.45. The molecule has 0 saturated carbocycles. The van der Waals surface area contributed by atoms with Gasteiger partial charge in [-0.15, -0.1) is 16.4 Å². The molecule has 0 amide bonds. The SMILES string of the molecule is C[C@H]1CC2(CCN1Cc1cn(CC(C)(CO)CO)nn1)OCCc1cc(CC(F)F)sc12. The number of aliphatic hydroxyl groups is 2. The molecule has 2 aliphatic heterocycles. The third-order valence-electron chi connectivity index (χ3n) is 6.69. The van der Waals surface area contributed by atoms with Crippen molar-refractivity contribution < 1.29 is 23.7 Å². The zero-order valence-corrected chi connectivity index (χ0v) is 19.5. The summed E-state index contributed by atoms with van der Waals surface area (Å²) in [7, 11) is 0. The molecule has 10 heteroatoms. The van der Waals surface area contributed by atoms with Gasteiger partial charge < -0.3 is 14.9 Å². The molecule has 1 fully saturated rings. The van der Waals surface area contributed by atoms with Crippen molar-refractivity contribution in [1.29, 1.82) is 0 Å². The van der Waals surface area contributed by atoms with Crippen LogP contribution in [0.2, 0.25) is 0 Å². The molecule has 178 valence electrons. The van der Waals surface area contributed by atoms with Gasteiger partial charge in [0.25, 0.3) is 0 Å². The summed E-state index contributed by atoms with van der Waals surface area (Å²) < 4.78 is 33.8.